The average Bonchev–Trinajstić information content (AvgIpc) is 2.94. The Morgan fingerprint density at radius 1 is 1.17 bits per heavy atom. The first kappa shape index (κ1) is 15.9. The molecule has 3 aromatic rings. The van der Waals surface area contributed by atoms with Crippen LogP contribution < -0.4 is 16.4 Å². The quantitative estimate of drug-likeness (QED) is 0.681. The molecule has 0 radical (unpaired) electrons. The number of fused-ring (bicyclic) bond motifs is 1. The van der Waals surface area contributed by atoms with Gasteiger partial charge in [0.05, 0.1) is 10.2 Å². The van der Waals surface area contributed by atoms with Crippen LogP contribution in [0, 0.1) is 6.92 Å². The van der Waals surface area contributed by atoms with E-state index in [0.29, 0.717) is 17.2 Å². The summed E-state index contributed by atoms with van der Waals surface area (Å²) in [4.78, 5) is 27.4. The maximum Gasteiger partial charge on any atom is 0.312 e. The molecule has 1 heterocycles. The van der Waals surface area contributed by atoms with Gasteiger partial charge in [0.2, 0.25) is 0 Å². The van der Waals surface area contributed by atoms with Gasteiger partial charge in [-0.15, -0.1) is 0 Å². The zero-order chi connectivity index (χ0) is 17.1. The molecule has 2 aromatic carbocycles. The number of thiazole rings is 1. The molecule has 24 heavy (non-hydrogen) atoms. The van der Waals surface area contributed by atoms with Gasteiger partial charge in [-0.25, -0.2) is 9.78 Å². The second-order valence-corrected chi connectivity index (χ2v) is 6.39. The van der Waals surface area contributed by atoms with Gasteiger partial charge in [-0.1, -0.05) is 29.5 Å². The minimum atomic E-state index is -0.581. The molecule has 0 aliphatic heterocycles. The Bertz CT molecular complexity index is 903. The number of carbonyl (C=O) groups excluding carboxylic acids is 2. The van der Waals surface area contributed by atoms with Crippen LogP contribution in [0.2, 0.25) is 0 Å². The van der Waals surface area contributed by atoms with Crippen LogP contribution in [0.25, 0.3) is 10.2 Å². The highest BCUT2D eigenvalue weighted by molar-refractivity contribution is 7.22. The zero-order valence-corrected chi connectivity index (χ0v) is 13.8. The number of nitrogens with one attached hydrogen (secondary N) is 2. The molecule has 0 unspecified atom stereocenters. The Hall–Kier alpha value is -2.93. The number of primary amides is 1. The number of aryl methyl sites for hydroxylation is 1. The number of aromatic nitrogens is 1. The van der Waals surface area contributed by atoms with Crippen LogP contribution in [-0.4, -0.2) is 16.9 Å². The highest BCUT2D eigenvalue weighted by Crippen LogP contribution is 2.27. The lowest BCUT2D eigenvalue weighted by Crippen LogP contribution is -2.28. The van der Waals surface area contributed by atoms with Gasteiger partial charge in [0.25, 0.3) is 5.91 Å². The molecule has 0 aliphatic carbocycles. The Kier molecular flexibility index (Phi) is 4.43. The standard InChI is InChI=1S/C17H16N4O2S/c1-10-2-7-13-14(8-10)24-17(20-13)21-15(22)12-5-3-11(4-6-12)9-19-16(18)23/h2-8H,9H2,1H3,(H3,18,19,23)(H,20,21,22). The topological polar surface area (TPSA) is 97.1 Å². The van der Waals surface area contributed by atoms with E-state index >= 15 is 0 Å². The van der Waals surface area contributed by atoms with Crippen LogP contribution >= 0.6 is 11.3 Å². The van der Waals surface area contributed by atoms with E-state index in [9.17, 15) is 9.59 Å². The molecule has 4 N–H and O–H groups in total. The van der Waals surface area contributed by atoms with E-state index in [1.807, 2.05) is 25.1 Å². The van der Waals surface area contributed by atoms with Gasteiger partial charge in [0.15, 0.2) is 5.13 Å². The summed E-state index contributed by atoms with van der Waals surface area (Å²) in [7, 11) is 0. The number of nitrogens with zero attached hydrogens (tertiary/aromatic N) is 1. The van der Waals surface area contributed by atoms with Crippen LogP contribution in [0.3, 0.4) is 0 Å². The molecular formula is C17H16N4O2S. The predicted octanol–water partition coefficient (Wildman–Crippen LogP) is 3.03. The van der Waals surface area contributed by atoms with Crippen molar-refractivity contribution in [1.82, 2.24) is 10.3 Å². The van der Waals surface area contributed by atoms with E-state index in [1.54, 1.807) is 24.3 Å². The highest BCUT2D eigenvalue weighted by Gasteiger charge is 2.10. The molecule has 0 spiro atoms. The number of benzene rings is 2. The molecule has 6 nitrogen and oxygen atoms in total. The van der Waals surface area contributed by atoms with Crippen molar-refractivity contribution >= 4 is 38.6 Å². The first-order valence-electron chi connectivity index (χ1n) is 7.32. The molecule has 7 heteroatoms. The van der Waals surface area contributed by atoms with Crippen molar-refractivity contribution in [2.75, 3.05) is 5.32 Å². The molecule has 0 fully saturated rings. The molecule has 3 amide bonds. The fourth-order valence-electron chi connectivity index (χ4n) is 2.22. The van der Waals surface area contributed by atoms with Crippen molar-refractivity contribution < 1.29 is 9.59 Å². The number of carbonyl (C=O) groups is 2. The number of rotatable bonds is 4. The van der Waals surface area contributed by atoms with Crippen LogP contribution in [0.5, 0.6) is 0 Å². The summed E-state index contributed by atoms with van der Waals surface area (Å²) in [5, 5.41) is 5.88. The van der Waals surface area contributed by atoms with Gasteiger partial charge in [0.1, 0.15) is 0 Å². The van der Waals surface area contributed by atoms with E-state index < -0.39 is 6.03 Å². The van der Waals surface area contributed by atoms with E-state index in [4.69, 9.17) is 5.73 Å². The van der Waals surface area contributed by atoms with Crippen molar-refractivity contribution in [1.29, 1.82) is 0 Å². The fraction of sp³-hybridized carbons (Fsp3) is 0.118. The van der Waals surface area contributed by atoms with Gasteiger partial charge >= 0.3 is 6.03 Å². The SMILES string of the molecule is Cc1ccc2nc(NC(=O)c3ccc(CNC(N)=O)cc3)sc2c1. The minimum Gasteiger partial charge on any atom is -0.352 e. The summed E-state index contributed by atoms with van der Waals surface area (Å²) in [6, 6.07) is 12.3. The summed E-state index contributed by atoms with van der Waals surface area (Å²) in [6.07, 6.45) is 0. The molecule has 0 bridgehead atoms. The van der Waals surface area contributed by atoms with Crippen molar-refractivity contribution in [2.45, 2.75) is 13.5 Å². The lowest BCUT2D eigenvalue weighted by molar-refractivity contribution is 0.102. The average molecular weight is 340 g/mol. The van der Waals surface area contributed by atoms with E-state index in [-0.39, 0.29) is 5.91 Å². The first-order chi connectivity index (χ1) is 11.5. The number of hydrogen-bond donors (Lipinski definition) is 3. The van der Waals surface area contributed by atoms with E-state index in [1.165, 1.54) is 11.3 Å². The Balaban J connectivity index is 1.70. The van der Waals surface area contributed by atoms with E-state index in [0.717, 1.165) is 21.3 Å². The molecule has 0 aliphatic rings. The van der Waals surface area contributed by atoms with Crippen LogP contribution in [0.15, 0.2) is 42.5 Å². The Morgan fingerprint density at radius 2 is 1.92 bits per heavy atom. The third kappa shape index (κ3) is 3.69. The second kappa shape index (κ2) is 6.67. The van der Waals surface area contributed by atoms with Crippen molar-refractivity contribution in [3.8, 4) is 0 Å². The molecular weight excluding hydrogens is 324 g/mol. The second-order valence-electron chi connectivity index (χ2n) is 5.36. The highest BCUT2D eigenvalue weighted by atomic mass is 32.1. The maximum absolute atomic E-state index is 12.3. The number of anilines is 1. The van der Waals surface area contributed by atoms with Gasteiger partial charge in [-0.2, -0.15) is 0 Å². The Morgan fingerprint density at radius 3 is 2.62 bits per heavy atom. The van der Waals surface area contributed by atoms with Crippen molar-refractivity contribution in [3.05, 3.63) is 59.2 Å². The van der Waals surface area contributed by atoms with E-state index in [2.05, 4.69) is 15.6 Å². The maximum atomic E-state index is 12.3. The first-order valence-corrected chi connectivity index (χ1v) is 8.14. The summed E-state index contributed by atoms with van der Waals surface area (Å²) in [5.41, 5.74) is 8.43. The lowest BCUT2D eigenvalue weighted by Gasteiger charge is -2.04. The van der Waals surface area contributed by atoms with Gasteiger partial charge in [0, 0.05) is 12.1 Å². The smallest absolute Gasteiger partial charge is 0.312 e. The predicted molar refractivity (Wildman–Crippen MR) is 95.2 cm³/mol. The molecule has 0 atom stereocenters. The molecule has 122 valence electrons. The van der Waals surface area contributed by atoms with Gasteiger partial charge in [-0.3, -0.25) is 10.1 Å². The van der Waals surface area contributed by atoms with Gasteiger partial charge < -0.3 is 11.1 Å². The summed E-state index contributed by atoms with van der Waals surface area (Å²) >= 11 is 1.44. The van der Waals surface area contributed by atoms with Crippen molar-refractivity contribution in [3.63, 3.8) is 0 Å². The third-order valence-corrected chi connectivity index (χ3v) is 4.38. The summed E-state index contributed by atoms with van der Waals surface area (Å²) in [5.74, 6) is -0.222. The number of nitrogens with two attached hydrogens (primary N) is 1. The molecule has 0 saturated carbocycles. The molecule has 0 saturated heterocycles. The normalized spacial score (nSPS) is 10.5. The molecule has 3 rings (SSSR count). The Labute approximate surface area is 142 Å². The van der Waals surface area contributed by atoms with Gasteiger partial charge in [-0.05, 0) is 42.3 Å². The minimum absolute atomic E-state index is 0.222. The fourth-order valence-corrected chi connectivity index (χ4v) is 3.18. The number of amides is 3. The summed E-state index contributed by atoms with van der Waals surface area (Å²) < 4.78 is 1.04. The van der Waals surface area contributed by atoms with Crippen LogP contribution in [-0.2, 0) is 6.54 Å². The number of urea groups is 1. The van der Waals surface area contributed by atoms with Crippen LogP contribution in [0.4, 0.5) is 9.93 Å². The zero-order valence-electron chi connectivity index (χ0n) is 13.0. The molecule has 1 aromatic heterocycles. The largest absolute Gasteiger partial charge is 0.352 e. The summed E-state index contributed by atoms with van der Waals surface area (Å²) in [6.45, 7) is 2.35. The number of hydrogen-bond acceptors (Lipinski definition) is 4. The van der Waals surface area contributed by atoms with Crippen molar-refractivity contribution in [2.24, 2.45) is 5.73 Å². The van der Waals surface area contributed by atoms with Crippen LogP contribution in [0.1, 0.15) is 21.5 Å². The third-order valence-electron chi connectivity index (χ3n) is 3.45. The monoisotopic (exact) mass is 340 g/mol. The lowest BCUT2D eigenvalue weighted by atomic mass is 10.1.